The summed E-state index contributed by atoms with van der Waals surface area (Å²) < 4.78 is 5.10. The Morgan fingerprint density at radius 1 is 1.11 bits per heavy atom. The van der Waals surface area contributed by atoms with Crippen molar-refractivity contribution in [3.63, 3.8) is 0 Å². The summed E-state index contributed by atoms with van der Waals surface area (Å²) in [5.41, 5.74) is 0. The van der Waals surface area contributed by atoms with Crippen LogP contribution in [0.4, 0.5) is 0 Å². The minimum atomic E-state index is 0.0119. The Morgan fingerprint density at radius 3 is 2.33 bits per heavy atom. The maximum Gasteiger partial charge on any atom is 0.308 e. The summed E-state index contributed by atoms with van der Waals surface area (Å²) in [6.45, 7) is 4.65. The molecule has 0 radical (unpaired) electrons. The minimum Gasteiger partial charge on any atom is -0.466 e. The van der Waals surface area contributed by atoms with E-state index in [0.29, 0.717) is 18.7 Å². The first-order valence-corrected chi connectivity index (χ1v) is 7.43. The fraction of sp³-hybridized carbons (Fsp3) is 0.929. The minimum absolute atomic E-state index is 0.0119. The molecule has 1 saturated heterocycles. The highest BCUT2D eigenvalue weighted by Gasteiger charge is 2.28. The molecule has 0 aromatic rings. The molecule has 2 rings (SSSR count). The van der Waals surface area contributed by atoms with Crippen LogP contribution in [0.25, 0.3) is 0 Å². The second-order valence-corrected chi connectivity index (χ2v) is 5.49. The zero-order valence-corrected chi connectivity index (χ0v) is 11.4. The van der Waals surface area contributed by atoms with Crippen LogP contribution in [-0.2, 0) is 9.53 Å². The quantitative estimate of drug-likeness (QED) is 0.746. The monoisotopic (exact) mass is 254 g/mol. The Balaban J connectivity index is 1.68. The van der Waals surface area contributed by atoms with Gasteiger partial charge < -0.3 is 15.4 Å². The van der Waals surface area contributed by atoms with Gasteiger partial charge in [0.25, 0.3) is 0 Å². The third-order valence-corrected chi connectivity index (χ3v) is 4.16. The van der Waals surface area contributed by atoms with Crippen molar-refractivity contribution >= 4 is 5.97 Å². The number of carbonyl (C=O) groups is 1. The standard InChI is InChI=1S/C14H26N2O2/c1-2-18-14(17)11-3-5-12(6-4-11)16-13-7-9-15-10-8-13/h11-13,15-16H,2-10H2,1H3. The molecule has 0 spiro atoms. The fourth-order valence-electron chi connectivity index (χ4n) is 3.08. The molecular weight excluding hydrogens is 228 g/mol. The van der Waals surface area contributed by atoms with E-state index in [9.17, 15) is 4.79 Å². The van der Waals surface area contributed by atoms with Gasteiger partial charge in [-0.1, -0.05) is 0 Å². The van der Waals surface area contributed by atoms with Gasteiger partial charge in [0.05, 0.1) is 12.5 Å². The normalized spacial score (nSPS) is 30.1. The summed E-state index contributed by atoms with van der Waals surface area (Å²) in [5.74, 6) is 0.161. The van der Waals surface area contributed by atoms with E-state index >= 15 is 0 Å². The third-order valence-electron chi connectivity index (χ3n) is 4.16. The largest absolute Gasteiger partial charge is 0.466 e. The number of ether oxygens (including phenoxy) is 1. The molecule has 4 nitrogen and oxygen atoms in total. The average Bonchev–Trinajstić information content (AvgIpc) is 2.41. The van der Waals surface area contributed by atoms with E-state index in [1.165, 1.54) is 12.8 Å². The topological polar surface area (TPSA) is 50.4 Å². The van der Waals surface area contributed by atoms with Gasteiger partial charge in [-0.05, 0) is 58.5 Å². The van der Waals surface area contributed by atoms with Crippen LogP contribution in [0, 0.1) is 5.92 Å². The first kappa shape index (κ1) is 13.8. The number of carbonyl (C=O) groups excluding carboxylic acids is 1. The van der Waals surface area contributed by atoms with Gasteiger partial charge >= 0.3 is 5.97 Å². The Kier molecular flexibility index (Phi) is 5.45. The third kappa shape index (κ3) is 3.95. The highest BCUT2D eigenvalue weighted by Crippen LogP contribution is 2.26. The zero-order valence-electron chi connectivity index (χ0n) is 11.4. The van der Waals surface area contributed by atoms with E-state index < -0.39 is 0 Å². The number of hydrogen-bond donors (Lipinski definition) is 2. The first-order valence-electron chi connectivity index (χ1n) is 7.43. The predicted molar refractivity (Wildman–Crippen MR) is 71.4 cm³/mol. The summed E-state index contributed by atoms with van der Waals surface area (Å²) in [6, 6.07) is 1.29. The summed E-state index contributed by atoms with van der Waals surface area (Å²) in [4.78, 5) is 11.6. The molecule has 2 N–H and O–H groups in total. The Morgan fingerprint density at radius 2 is 1.72 bits per heavy atom. The molecule has 0 amide bonds. The molecule has 0 unspecified atom stereocenters. The molecule has 0 bridgehead atoms. The Labute approximate surface area is 110 Å². The molecule has 4 heteroatoms. The van der Waals surface area contributed by atoms with Gasteiger partial charge in [-0.15, -0.1) is 0 Å². The number of piperidine rings is 1. The molecule has 1 aliphatic carbocycles. The lowest BCUT2D eigenvalue weighted by molar-refractivity contribution is -0.149. The summed E-state index contributed by atoms with van der Waals surface area (Å²) in [5, 5.41) is 7.14. The molecule has 1 heterocycles. The second-order valence-electron chi connectivity index (χ2n) is 5.49. The van der Waals surface area contributed by atoms with E-state index in [1.54, 1.807) is 0 Å². The van der Waals surface area contributed by atoms with Crippen LogP contribution in [0.3, 0.4) is 0 Å². The molecule has 1 aliphatic heterocycles. The van der Waals surface area contributed by atoms with Crippen molar-refractivity contribution in [3.8, 4) is 0 Å². The molecule has 0 aromatic heterocycles. The highest BCUT2D eigenvalue weighted by molar-refractivity contribution is 5.72. The average molecular weight is 254 g/mol. The molecule has 2 aliphatic rings. The van der Waals surface area contributed by atoms with Gasteiger partial charge in [0.2, 0.25) is 0 Å². The van der Waals surface area contributed by atoms with Gasteiger partial charge in [0.15, 0.2) is 0 Å². The van der Waals surface area contributed by atoms with Gasteiger partial charge in [-0.2, -0.15) is 0 Å². The molecule has 18 heavy (non-hydrogen) atoms. The lowest BCUT2D eigenvalue weighted by Crippen LogP contribution is -2.46. The molecule has 2 fully saturated rings. The fourth-order valence-corrected chi connectivity index (χ4v) is 3.08. The van der Waals surface area contributed by atoms with Crippen molar-refractivity contribution in [1.29, 1.82) is 0 Å². The van der Waals surface area contributed by atoms with E-state index in [4.69, 9.17) is 4.74 Å². The Bertz CT molecular complexity index is 257. The van der Waals surface area contributed by atoms with Crippen LogP contribution >= 0.6 is 0 Å². The molecule has 1 saturated carbocycles. The lowest BCUT2D eigenvalue weighted by Gasteiger charge is -2.33. The van der Waals surface area contributed by atoms with Crippen molar-refractivity contribution < 1.29 is 9.53 Å². The van der Waals surface area contributed by atoms with Crippen molar-refractivity contribution in [2.45, 2.75) is 57.5 Å². The van der Waals surface area contributed by atoms with Gasteiger partial charge in [0.1, 0.15) is 0 Å². The van der Waals surface area contributed by atoms with Crippen LogP contribution in [0.15, 0.2) is 0 Å². The van der Waals surface area contributed by atoms with E-state index in [0.717, 1.165) is 38.8 Å². The van der Waals surface area contributed by atoms with Crippen LogP contribution < -0.4 is 10.6 Å². The number of nitrogens with one attached hydrogen (secondary N) is 2. The van der Waals surface area contributed by atoms with Crippen LogP contribution in [0.5, 0.6) is 0 Å². The molecular formula is C14H26N2O2. The maximum absolute atomic E-state index is 11.6. The number of hydrogen-bond acceptors (Lipinski definition) is 4. The number of rotatable bonds is 4. The molecule has 0 atom stereocenters. The van der Waals surface area contributed by atoms with Gasteiger partial charge in [-0.25, -0.2) is 0 Å². The highest BCUT2D eigenvalue weighted by atomic mass is 16.5. The van der Waals surface area contributed by atoms with E-state index in [2.05, 4.69) is 10.6 Å². The van der Waals surface area contributed by atoms with Gasteiger partial charge in [-0.3, -0.25) is 4.79 Å². The Hall–Kier alpha value is -0.610. The smallest absolute Gasteiger partial charge is 0.308 e. The molecule has 104 valence electrons. The maximum atomic E-state index is 11.6. The second kappa shape index (κ2) is 7.10. The zero-order chi connectivity index (χ0) is 12.8. The predicted octanol–water partition coefficient (Wildman–Crippen LogP) is 1.45. The van der Waals surface area contributed by atoms with Crippen molar-refractivity contribution in [1.82, 2.24) is 10.6 Å². The van der Waals surface area contributed by atoms with Crippen molar-refractivity contribution in [2.75, 3.05) is 19.7 Å². The van der Waals surface area contributed by atoms with Crippen LogP contribution in [0.1, 0.15) is 45.4 Å². The lowest BCUT2D eigenvalue weighted by atomic mass is 9.85. The number of esters is 1. The van der Waals surface area contributed by atoms with Crippen LogP contribution in [-0.4, -0.2) is 37.7 Å². The van der Waals surface area contributed by atoms with Crippen molar-refractivity contribution in [3.05, 3.63) is 0 Å². The van der Waals surface area contributed by atoms with E-state index in [-0.39, 0.29) is 11.9 Å². The van der Waals surface area contributed by atoms with Crippen LogP contribution in [0.2, 0.25) is 0 Å². The van der Waals surface area contributed by atoms with E-state index in [1.807, 2.05) is 6.92 Å². The SMILES string of the molecule is CCOC(=O)C1CCC(NC2CCNCC2)CC1. The summed E-state index contributed by atoms with van der Waals surface area (Å²) >= 11 is 0. The summed E-state index contributed by atoms with van der Waals surface area (Å²) in [7, 11) is 0. The molecule has 0 aromatic carbocycles. The summed E-state index contributed by atoms with van der Waals surface area (Å²) in [6.07, 6.45) is 6.68. The van der Waals surface area contributed by atoms with Gasteiger partial charge in [0, 0.05) is 12.1 Å². The van der Waals surface area contributed by atoms with Crippen molar-refractivity contribution in [2.24, 2.45) is 5.92 Å². The first-order chi connectivity index (χ1) is 8.79.